The largest absolute Gasteiger partial charge is 0.288 e. The molecule has 1 aromatic heterocycles. The number of carbonyl (C=O) groups is 1. The minimum Gasteiger partial charge on any atom is -0.288 e. The lowest BCUT2D eigenvalue weighted by molar-refractivity contribution is -0.109. The molecule has 0 atom stereocenters. The number of aromatic nitrogens is 3. The van der Waals surface area contributed by atoms with Gasteiger partial charge in [0, 0.05) is 12.7 Å². The fraction of sp³-hybridized carbons (Fsp3) is 0.375. The van der Waals surface area contributed by atoms with Crippen molar-refractivity contribution in [1.29, 1.82) is 0 Å². The summed E-state index contributed by atoms with van der Waals surface area (Å²) in [7, 11) is 0. The highest BCUT2D eigenvalue weighted by molar-refractivity contribution is 8.13. The van der Waals surface area contributed by atoms with Crippen molar-refractivity contribution < 1.29 is 4.79 Å². The second-order valence-corrected chi connectivity index (χ2v) is 3.67. The summed E-state index contributed by atoms with van der Waals surface area (Å²) in [4.78, 5) is 14.5. The highest BCUT2D eigenvalue weighted by Gasteiger charge is 1.91. The van der Waals surface area contributed by atoms with E-state index in [2.05, 4.69) is 15.2 Å². The Morgan fingerprint density at radius 2 is 2.62 bits per heavy atom. The van der Waals surface area contributed by atoms with E-state index in [4.69, 9.17) is 0 Å². The molecule has 1 rings (SSSR count). The fourth-order valence-corrected chi connectivity index (χ4v) is 1.30. The van der Waals surface area contributed by atoms with Crippen molar-refractivity contribution >= 4 is 23.0 Å². The first-order valence-electron chi connectivity index (χ1n) is 3.94. The average molecular weight is 197 g/mol. The molecule has 1 aromatic rings. The van der Waals surface area contributed by atoms with Crippen LogP contribution in [0.4, 0.5) is 0 Å². The van der Waals surface area contributed by atoms with E-state index >= 15 is 0 Å². The van der Waals surface area contributed by atoms with Crippen LogP contribution in [0.1, 0.15) is 19.2 Å². The zero-order valence-corrected chi connectivity index (χ0v) is 8.17. The van der Waals surface area contributed by atoms with Crippen LogP contribution in [0, 0.1) is 0 Å². The molecule has 5 heteroatoms. The zero-order valence-electron chi connectivity index (χ0n) is 7.36. The summed E-state index contributed by atoms with van der Waals surface area (Å²) >= 11 is 1.33. The van der Waals surface area contributed by atoms with Crippen LogP contribution in [0.3, 0.4) is 0 Å². The lowest BCUT2D eigenvalue weighted by Gasteiger charge is -1.90. The number of allylic oxidation sites excluding steroid dienone is 1. The van der Waals surface area contributed by atoms with Crippen LogP contribution in [-0.2, 0) is 4.79 Å². The number of hydrogen-bond donors (Lipinski definition) is 1. The van der Waals surface area contributed by atoms with E-state index in [-0.39, 0.29) is 5.12 Å². The third-order valence-electron chi connectivity index (χ3n) is 1.30. The maximum absolute atomic E-state index is 10.5. The normalized spacial score (nSPS) is 10.8. The van der Waals surface area contributed by atoms with Gasteiger partial charge in [0.2, 0.25) is 0 Å². The maximum Gasteiger partial charge on any atom is 0.185 e. The summed E-state index contributed by atoms with van der Waals surface area (Å²) in [6, 6.07) is 0. The van der Waals surface area contributed by atoms with Crippen LogP contribution in [0.25, 0.3) is 6.08 Å². The van der Waals surface area contributed by atoms with E-state index in [0.29, 0.717) is 0 Å². The van der Waals surface area contributed by atoms with Gasteiger partial charge >= 0.3 is 0 Å². The van der Waals surface area contributed by atoms with Crippen molar-refractivity contribution in [3.63, 3.8) is 0 Å². The molecule has 70 valence electrons. The Labute approximate surface area is 80.8 Å². The number of thioether (sulfide) groups is 1. The van der Waals surface area contributed by atoms with E-state index in [1.165, 1.54) is 18.1 Å². The van der Waals surface area contributed by atoms with Gasteiger partial charge in [-0.15, -0.1) is 0 Å². The summed E-state index contributed by atoms with van der Waals surface area (Å²) in [5.41, 5.74) is 0. The van der Waals surface area contributed by atoms with Crippen molar-refractivity contribution in [3.8, 4) is 0 Å². The molecule has 0 fully saturated rings. The molecule has 0 saturated carbocycles. The molecule has 0 amide bonds. The average Bonchev–Trinajstić information content (AvgIpc) is 2.55. The Morgan fingerprint density at radius 3 is 3.23 bits per heavy atom. The Kier molecular flexibility index (Phi) is 4.25. The predicted octanol–water partition coefficient (Wildman–Crippen LogP) is 1.49. The highest BCUT2D eigenvalue weighted by Crippen LogP contribution is 2.04. The molecule has 0 spiro atoms. The Hall–Kier alpha value is -1.10. The number of rotatable bonds is 4. The molecule has 13 heavy (non-hydrogen) atoms. The van der Waals surface area contributed by atoms with E-state index in [1.807, 2.05) is 12.2 Å². The lowest BCUT2D eigenvalue weighted by Crippen LogP contribution is -1.83. The number of nitrogens with one attached hydrogen (secondary N) is 1. The van der Waals surface area contributed by atoms with Gasteiger partial charge < -0.3 is 0 Å². The standard InChI is InChI=1S/C8H11N3OS/c1-7(12)13-5-3-2-4-8-9-6-10-11-8/h2,4,6H,3,5H2,1H3,(H,9,10,11). The van der Waals surface area contributed by atoms with Gasteiger partial charge in [0.15, 0.2) is 5.12 Å². The van der Waals surface area contributed by atoms with Crippen molar-refractivity contribution in [2.24, 2.45) is 0 Å². The van der Waals surface area contributed by atoms with Crippen LogP contribution in [0.2, 0.25) is 0 Å². The number of nitrogens with zero attached hydrogens (tertiary/aromatic N) is 2. The van der Waals surface area contributed by atoms with E-state index in [1.54, 1.807) is 6.92 Å². The van der Waals surface area contributed by atoms with E-state index in [9.17, 15) is 4.79 Å². The summed E-state index contributed by atoms with van der Waals surface area (Å²) in [6.07, 6.45) is 6.15. The molecular formula is C8H11N3OS. The Balaban J connectivity index is 2.16. The highest BCUT2D eigenvalue weighted by atomic mass is 32.2. The maximum atomic E-state index is 10.5. The summed E-state index contributed by atoms with van der Waals surface area (Å²) < 4.78 is 0. The molecule has 0 aliphatic heterocycles. The Morgan fingerprint density at radius 1 is 1.77 bits per heavy atom. The summed E-state index contributed by atoms with van der Waals surface area (Å²) in [5.74, 6) is 1.56. The van der Waals surface area contributed by atoms with Gasteiger partial charge in [0.05, 0.1) is 0 Å². The topological polar surface area (TPSA) is 58.6 Å². The third kappa shape index (κ3) is 4.47. The van der Waals surface area contributed by atoms with Crippen molar-refractivity contribution in [3.05, 3.63) is 18.2 Å². The van der Waals surface area contributed by atoms with Crippen LogP contribution in [0.5, 0.6) is 0 Å². The van der Waals surface area contributed by atoms with Crippen LogP contribution in [-0.4, -0.2) is 26.0 Å². The van der Waals surface area contributed by atoms with Gasteiger partial charge in [-0.05, 0) is 12.5 Å². The van der Waals surface area contributed by atoms with Gasteiger partial charge in [0.1, 0.15) is 12.2 Å². The smallest absolute Gasteiger partial charge is 0.185 e. The molecular weight excluding hydrogens is 186 g/mol. The van der Waals surface area contributed by atoms with Crippen molar-refractivity contribution in [2.75, 3.05) is 5.75 Å². The molecule has 4 nitrogen and oxygen atoms in total. The van der Waals surface area contributed by atoms with Gasteiger partial charge in [-0.3, -0.25) is 9.89 Å². The predicted molar refractivity (Wildman–Crippen MR) is 53.2 cm³/mol. The first-order chi connectivity index (χ1) is 6.29. The molecule has 0 unspecified atom stereocenters. The zero-order chi connectivity index (χ0) is 9.52. The number of aromatic amines is 1. The van der Waals surface area contributed by atoms with Crippen LogP contribution >= 0.6 is 11.8 Å². The van der Waals surface area contributed by atoms with E-state index in [0.717, 1.165) is 18.0 Å². The van der Waals surface area contributed by atoms with Gasteiger partial charge in [-0.2, -0.15) is 5.10 Å². The molecule has 1 N–H and O–H groups in total. The molecule has 0 saturated heterocycles. The molecule has 1 heterocycles. The quantitative estimate of drug-likeness (QED) is 0.743. The number of H-pyrrole nitrogens is 1. The fourth-order valence-electron chi connectivity index (χ4n) is 0.761. The molecule has 0 radical (unpaired) electrons. The minimum atomic E-state index is 0.160. The van der Waals surface area contributed by atoms with Crippen molar-refractivity contribution in [2.45, 2.75) is 13.3 Å². The second kappa shape index (κ2) is 5.53. The summed E-state index contributed by atoms with van der Waals surface area (Å²) in [5, 5.41) is 6.58. The molecule has 0 aliphatic carbocycles. The van der Waals surface area contributed by atoms with Gasteiger partial charge in [0.25, 0.3) is 0 Å². The number of carbonyl (C=O) groups excluding carboxylic acids is 1. The lowest BCUT2D eigenvalue weighted by atomic mass is 10.4. The monoisotopic (exact) mass is 197 g/mol. The van der Waals surface area contributed by atoms with E-state index < -0.39 is 0 Å². The molecule has 0 aliphatic rings. The van der Waals surface area contributed by atoms with Gasteiger partial charge in [-0.25, -0.2) is 4.98 Å². The van der Waals surface area contributed by atoms with Crippen LogP contribution in [0.15, 0.2) is 12.4 Å². The third-order valence-corrected chi connectivity index (χ3v) is 2.15. The number of hydrogen-bond acceptors (Lipinski definition) is 4. The second-order valence-electron chi connectivity index (χ2n) is 2.40. The Bertz CT molecular complexity index is 282. The SMILES string of the molecule is CC(=O)SCCC=Cc1ncn[nH]1. The minimum absolute atomic E-state index is 0.160. The van der Waals surface area contributed by atoms with Crippen molar-refractivity contribution in [1.82, 2.24) is 15.2 Å². The molecule has 0 bridgehead atoms. The van der Waals surface area contributed by atoms with Gasteiger partial charge in [-0.1, -0.05) is 17.8 Å². The summed E-state index contributed by atoms with van der Waals surface area (Å²) in [6.45, 7) is 1.57. The van der Waals surface area contributed by atoms with Crippen LogP contribution < -0.4 is 0 Å². The molecule has 0 aromatic carbocycles. The first kappa shape index (κ1) is 9.98. The first-order valence-corrected chi connectivity index (χ1v) is 4.93.